The van der Waals surface area contributed by atoms with Crippen LogP contribution in [0.5, 0.6) is 0 Å². The van der Waals surface area contributed by atoms with Gasteiger partial charge >= 0.3 is 0 Å². The lowest BCUT2D eigenvalue weighted by Gasteiger charge is -2.23. The average molecular weight is 592 g/mol. The van der Waals surface area contributed by atoms with Gasteiger partial charge in [0.2, 0.25) is 5.89 Å². The summed E-state index contributed by atoms with van der Waals surface area (Å²) >= 11 is 2.55. The van der Waals surface area contributed by atoms with E-state index >= 15 is 0 Å². The second-order valence-corrected chi connectivity index (χ2v) is 10.9. The molecule has 0 bridgehead atoms. The molecule has 1 aliphatic heterocycles. The molecule has 1 aliphatic rings. The Kier molecular flexibility index (Phi) is 7.00. The first kappa shape index (κ1) is 27.0. The highest BCUT2D eigenvalue weighted by atomic mass is 32.2. The van der Waals surface area contributed by atoms with Crippen LogP contribution in [0, 0.1) is 11.6 Å². The molecule has 1 amide bonds. The fraction of sp³-hybridized carbons (Fsp3) is 0.133. The van der Waals surface area contributed by atoms with Crippen molar-refractivity contribution in [3.05, 3.63) is 94.9 Å². The Morgan fingerprint density at radius 2 is 1.85 bits per heavy atom. The zero-order valence-corrected chi connectivity index (χ0v) is 24.0. The normalized spacial score (nSPS) is 13.5. The zero-order chi connectivity index (χ0) is 28.8. The lowest BCUT2D eigenvalue weighted by Crippen LogP contribution is -2.18. The summed E-state index contributed by atoms with van der Waals surface area (Å²) in [7, 11) is 3.46. The first-order valence-electron chi connectivity index (χ1n) is 12.5. The van der Waals surface area contributed by atoms with E-state index in [1.54, 1.807) is 31.3 Å². The number of carbonyl (C=O) groups excluding carboxylic acids is 1. The van der Waals surface area contributed by atoms with E-state index < -0.39 is 5.82 Å². The third-order valence-electron chi connectivity index (χ3n) is 6.73. The maximum atomic E-state index is 14.2. The smallest absolute Gasteiger partial charge is 0.255 e. The molecular weight excluding hydrogens is 568 g/mol. The second kappa shape index (κ2) is 10.6. The molecule has 0 aliphatic carbocycles. The van der Waals surface area contributed by atoms with E-state index in [4.69, 9.17) is 13.0 Å². The number of hydrogen-bond acceptors (Lipinski definition) is 8. The molecule has 0 atom stereocenters. The summed E-state index contributed by atoms with van der Waals surface area (Å²) in [5.74, 6) is -0.0169. The molecule has 208 valence electrons. The molecule has 3 aromatic carbocycles. The number of hydrogen-bond donors (Lipinski definition) is 1. The van der Waals surface area contributed by atoms with Crippen molar-refractivity contribution in [2.24, 2.45) is 0 Å². The van der Waals surface area contributed by atoms with Gasteiger partial charge in [0.25, 0.3) is 5.91 Å². The summed E-state index contributed by atoms with van der Waals surface area (Å²) in [6, 6.07) is 14.1. The predicted molar refractivity (Wildman–Crippen MR) is 160 cm³/mol. The van der Waals surface area contributed by atoms with Gasteiger partial charge < -0.3 is 22.6 Å². The van der Waals surface area contributed by atoms with Crippen molar-refractivity contribution >= 4 is 68.3 Å². The summed E-state index contributed by atoms with van der Waals surface area (Å²) in [5.41, 5.74) is 4.21. The van der Waals surface area contributed by atoms with Gasteiger partial charge in [0.1, 0.15) is 33.3 Å². The number of anilines is 1. The Hall–Kier alpha value is -4.22. The van der Waals surface area contributed by atoms with Crippen LogP contribution in [0.2, 0.25) is 0 Å². The number of oxazole rings is 1. The van der Waals surface area contributed by atoms with Crippen molar-refractivity contribution in [1.29, 1.82) is 0 Å². The second-order valence-electron chi connectivity index (χ2n) is 9.23. The van der Waals surface area contributed by atoms with E-state index in [1.807, 2.05) is 42.7 Å². The number of fused-ring (bicyclic) bond motifs is 2. The van der Waals surface area contributed by atoms with Gasteiger partial charge in [-0.1, -0.05) is 18.0 Å². The van der Waals surface area contributed by atoms with E-state index in [9.17, 15) is 13.6 Å². The molecule has 5 aromatic rings. The monoisotopic (exact) mass is 591 g/mol. The number of rotatable bonds is 6. The molecule has 41 heavy (non-hydrogen) atoms. The highest BCUT2D eigenvalue weighted by molar-refractivity contribution is 8.04. The summed E-state index contributed by atoms with van der Waals surface area (Å²) in [6.45, 7) is 1.89. The topological polar surface area (TPSA) is 80.7 Å². The first-order chi connectivity index (χ1) is 19.8. The van der Waals surface area contributed by atoms with Crippen molar-refractivity contribution in [3.8, 4) is 11.3 Å². The maximum Gasteiger partial charge on any atom is 0.255 e. The van der Waals surface area contributed by atoms with Crippen LogP contribution >= 0.6 is 24.0 Å². The molecule has 0 unspecified atom stereocenters. The molecule has 3 heterocycles. The Bertz CT molecular complexity index is 1890. The van der Waals surface area contributed by atoms with Gasteiger partial charge in [-0.15, -0.1) is 0 Å². The Labute approximate surface area is 242 Å². The quantitative estimate of drug-likeness (QED) is 0.157. The van der Waals surface area contributed by atoms with Gasteiger partial charge in [-0.3, -0.25) is 4.79 Å². The summed E-state index contributed by atoms with van der Waals surface area (Å²) in [5, 5.41) is 3.27. The molecule has 1 N–H and O–H groups in total. The van der Waals surface area contributed by atoms with Gasteiger partial charge in [0.15, 0.2) is 11.4 Å². The fourth-order valence-electron chi connectivity index (χ4n) is 4.64. The predicted octanol–water partition coefficient (Wildman–Crippen LogP) is 8.04. The Morgan fingerprint density at radius 1 is 1.07 bits per heavy atom. The Morgan fingerprint density at radius 3 is 2.54 bits per heavy atom. The van der Waals surface area contributed by atoms with Crippen LogP contribution in [-0.4, -0.2) is 31.2 Å². The van der Waals surface area contributed by atoms with Crippen LogP contribution in [0.15, 0.2) is 75.1 Å². The highest BCUT2D eigenvalue weighted by Crippen LogP contribution is 2.46. The molecule has 7 nitrogen and oxygen atoms in total. The minimum absolute atomic E-state index is 0.157. The molecular formula is C30H23F2N3O4S2. The number of aromatic nitrogens is 1. The number of amides is 1. The van der Waals surface area contributed by atoms with Crippen molar-refractivity contribution < 1.29 is 26.6 Å². The Balaban J connectivity index is 1.52. The third kappa shape index (κ3) is 4.74. The van der Waals surface area contributed by atoms with Crippen molar-refractivity contribution in [1.82, 2.24) is 10.3 Å². The highest BCUT2D eigenvalue weighted by Gasteiger charge is 2.28. The number of furan rings is 1. The molecule has 0 fully saturated rings. The number of nitrogens with zero attached hydrogens (tertiary/aromatic N) is 2. The number of carbonyl (C=O) groups is 1. The van der Waals surface area contributed by atoms with Gasteiger partial charge in [-0.05, 0) is 61.0 Å². The SMILES string of the molecule is CNC(=O)c1c(-c2ccc(F)cc2)oc2cc(N(C)SC)c(C3=C(C)C=C(c4nc5c(F)cccc5o4)SO3)cc12. The lowest BCUT2D eigenvalue weighted by atomic mass is 10.00. The summed E-state index contributed by atoms with van der Waals surface area (Å²) < 4.78 is 48.0. The number of benzene rings is 3. The van der Waals surface area contributed by atoms with Gasteiger partial charge in [0.05, 0.1) is 23.3 Å². The molecule has 11 heteroatoms. The molecule has 0 saturated carbocycles. The fourth-order valence-corrected chi connectivity index (χ4v) is 5.77. The molecule has 2 aromatic heterocycles. The number of halogens is 2. The van der Waals surface area contributed by atoms with Crippen molar-refractivity contribution in [2.75, 3.05) is 24.7 Å². The summed E-state index contributed by atoms with van der Waals surface area (Å²) in [4.78, 5) is 18.0. The number of allylic oxidation sites excluding steroid dienone is 2. The van der Waals surface area contributed by atoms with Crippen molar-refractivity contribution in [2.45, 2.75) is 6.92 Å². The van der Waals surface area contributed by atoms with Gasteiger partial charge in [-0.2, -0.15) is 0 Å². The van der Waals surface area contributed by atoms with Crippen LogP contribution in [0.1, 0.15) is 28.7 Å². The van der Waals surface area contributed by atoms with E-state index in [-0.39, 0.29) is 23.1 Å². The standard InChI is InChI=1S/C30H23F2N3O4S2/c1-15-12-24(30-34-26-20(32)6-5-7-22(26)38-30)41-39-27(15)18-13-19-23(14-21(18)35(3)40-4)37-28(25(19)29(36)33-2)16-8-10-17(31)11-9-16/h5-14H,1-4H3,(H,33,36). The van der Waals surface area contributed by atoms with E-state index in [2.05, 4.69) is 10.3 Å². The molecule has 0 spiro atoms. The van der Waals surface area contributed by atoms with Crippen LogP contribution in [0.25, 0.3) is 44.1 Å². The van der Waals surface area contributed by atoms with E-state index in [1.165, 1.54) is 30.1 Å². The third-order valence-corrected chi connectivity index (χ3v) is 8.19. The minimum Gasteiger partial charge on any atom is -0.455 e. The van der Waals surface area contributed by atoms with Gasteiger partial charge in [-0.25, -0.2) is 13.8 Å². The van der Waals surface area contributed by atoms with Crippen LogP contribution in [-0.2, 0) is 4.18 Å². The minimum atomic E-state index is -0.460. The molecule has 0 saturated heterocycles. The number of nitrogens with one attached hydrogen (secondary N) is 1. The zero-order valence-electron chi connectivity index (χ0n) is 22.4. The molecule has 6 rings (SSSR count). The van der Waals surface area contributed by atoms with Crippen LogP contribution in [0.4, 0.5) is 14.5 Å². The lowest BCUT2D eigenvalue weighted by molar-refractivity contribution is 0.0964. The first-order valence-corrected chi connectivity index (χ1v) is 14.4. The summed E-state index contributed by atoms with van der Waals surface area (Å²) in [6.07, 6.45) is 3.82. The maximum absolute atomic E-state index is 14.2. The largest absolute Gasteiger partial charge is 0.455 e. The van der Waals surface area contributed by atoms with Crippen LogP contribution < -0.4 is 9.62 Å². The van der Waals surface area contributed by atoms with E-state index in [0.717, 1.165) is 28.9 Å². The molecule has 0 radical (unpaired) electrons. The van der Waals surface area contributed by atoms with Gasteiger partial charge in [0, 0.05) is 42.9 Å². The van der Waals surface area contributed by atoms with Crippen LogP contribution in [0.3, 0.4) is 0 Å². The van der Waals surface area contributed by atoms with Crippen molar-refractivity contribution in [3.63, 3.8) is 0 Å². The van der Waals surface area contributed by atoms with E-state index in [0.29, 0.717) is 44.1 Å². The average Bonchev–Trinajstić information content (AvgIpc) is 3.59. The number of para-hydroxylation sites is 1.